The minimum absolute atomic E-state index is 1.30. The molecule has 0 aliphatic rings. The topological polar surface area (TPSA) is 0 Å². The van der Waals surface area contributed by atoms with Gasteiger partial charge in [0.15, 0.2) is 0 Å². The molecule has 0 amide bonds. The molecule has 0 rings (SSSR count). The predicted molar refractivity (Wildman–Crippen MR) is 159 cm³/mol. The van der Waals surface area contributed by atoms with Gasteiger partial charge in [-0.25, -0.2) is 0 Å². The highest BCUT2D eigenvalue weighted by atomic mass is 14.0. The lowest BCUT2D eigenvalue weighted by Gasteiger charge is -2.02. The van der Waals surface area contributed by atoms with Gasteiger partial charge in [0.1, 0.15) is 0 Å². The van der Waals surface area contributed by atoms with Crippen LogP contribution in [0.2, 0.25) is 0 Å². The fourth-order valence-electron chi connectivity index (χ4n) is 4.85. The van der Waals surface area contributed by atoms with Crippen LogP contribution in [0.15, 0.2) is 24.3 Å². The minimum Gasteiger partial charge on any atom is -0.0885 e. The van der Waals surface area contributed by atoms with E-state index in [4.69, 9.17) is 0 Å². The lowest BCUT2D eigenvalue weighted by Crippen LogP contribution is -1.82. The quantitative estimate of drug-likeness (QED) is 0.0746. The summed E-state index contributed by atoms with van der Waals surface area (Å²) in [4.78, 5) is 0. The monoisotopic (exact) mass is 475 g/mol. The summed E-state index contributed by atoms with van der Waals surface area (Å²) in [5.41, 5.74) is 0. The SMILES string of the molecule is CCCCCCCCC=CCCCCCCCCC=CCCCCCCCCCCCCCC. The molecule has 0 aliphatic carbocycles. The van der Waals surface area contributed by atoms with Crippen LogP contribution in [-0.4, -0.2) is 0 Å². The van der Waals surface area contributed by atoms with Crippen molar-refractivity contribution in [2.45, 2.75) is 194 Å². The molecule has 0 aromatic rings. The molecule has 0 aromatic heterocycles. The standard InChI is InChI=1S/C34H66/c1-3-5-7-9-11-13-15-17-19-21-23-25-27-29-31-33-34-32-30-28-26-24-22-20-18-16-14-12-10-8-6-4-2/h17,19,30,32H,3-16,18,20-29,31,33-34H2,1-2H3. The fraction of sp³-hybridized carbons (Fsp3) is 0.882. The zero-order valence-electron chi connectivity index (χ0n) is 24.1. The van der Waals surface area contributed by atoms with Crippen LogP contribution in [0, 0.1) is 0 Å². The van der Waals surface area contributed by atoms with E-state index in [0.29, 0.717) is 0 Å². The van der Waals surface area contributed by atoms with Crippen LogP contribution < -0.4 is 0 Å². The van der Waals surface area contributed by atoms with Gasteiger partial charge in [-0.1, -0.05) is 167 Å². The van der Waals surface area contributed by atoms with Gasteiger partial charge in [0.2, 0.25) is 0 Å². The highest BCUT2D eigenvalue weighted by molar-refractivity contribution is 4.82. The number of unbranched alkanes of at least 4 members (excludes halogenated alkanes) is 25. The molecule has 0 heteroatoms. The molecule has 0 spiro atoms. The van der Waals surface area contributed by atoms with Gasteiger partial charge in [0.25, 0.3) is 0 Å². The Bertz CT molecular complexity index is 391. The molecule has 34 heavy (non-hydrogen) atoms. The third-order valence-corrected chi connectivity index (χ3v) is 7.27. The maximum Gasteiger partial charge on any atom is -0.0351 e. The van der Waals surface area contributed by atoms with Gasteiger partial charge in [0.05, 0.1) is 0 Å². The maximum atomic E-state index is 2.45. The van der Waals surface area contributed by atoms with Crippen molar-refractivity contribution >= 4 is 0 Å². The fourth-order valence-corrected chi connectivity index (χ4v) is 4.85. The Hall–Kier alpha value is -0.520. The van der Waals surface area contributed by atoms with Gasteiger partial charge in [-0.3, -0.25) is 0 Å². The van der Waals surface area contributed by atoms with Crippen LogP contribution in [0.4, 0.5) is 0 Å². The molecule has 0 aliphatic heterocycles. The normalized spacial score (nSPS) is 11.9. The van der Waals surface area contributed by atoms with Crippen LogP contribution in [0.5, 0.6) is 0 Å². The van der Waals surface area contributed by atoms with Crippen molar-refractivity contribution in [1.29, 1.82) is 0 Å². The summed E-state index contributed by atoms with van der Waals surface area (Å²) in [5, 5.41) is 0. The molecule has 0 saturated carbocycles. The average Bonchev–Trinajstić information content (AvgIpc) is 2.85. The number of allylic oxidation sites excluding steroid dienone is 4. The van der Waals surface area contributed by atoms with Crippen molar-refractivity contribution in [3.05, 3.63) is 24.3 Å². The first-order chi connectivity index (χ1) is 16.9. The summed E-state index contributed by atoms with van der Waals surface area (Å²) in [5.74, 6) is 0. The van der Waals surface area contributed by atoms with E-state index in [-0.39, 0.29) is 0 Å². The van der Waals surface area contributed by atoms with Crippen LogP contribution in [0.25, 0.3) is 0 Å². The van der Waals surface area contributed by atoms with Crippen molar-refractivity contribution < 1.29 is 0 Å². The second kappa shape index (κ2) is 32.5. The average molecular weight is 475 g/mol. The van der Waals surface area contributed by atoms with Crippen molar-refractivity contribution in [1.82, 2.24) is 0 Å². The predicted octanol–water partition coefficient (Wildman–Crippen LogP) is 13.1. The van der Waals surface area contributed by atoms with E-state index >= 15 is 0 Å². The molecule has 0 N–H and O–H groups in total. The number of rotatable bonds is 29. The Morgan fingerprint density at radius 1 is 0.235 bits per heavy atom. The summed E-state index contributed by atoms with van der Waals surface area (Å²) in [6, 6.07) is 0. The highest BCUT2D eigenvalue weighted by Crippen LogP contribution is 2.13. The van der Waals surface area contributed by atoms with Crippen LogP contribution >= 0.6 is 0 Å². The third-order valence-electron chi connectivity index (χ3n) is 7.27. The molecule has 0 fully saturated rings. The molecular weight excluding hydrogens is 408 g/mol. The summed E-state index contributed by atoms with van der Waals surface area (Å²) in [6.45, 7) is 4.60. The van der Waals surface area contributed by atoms with E-state index in [0.717, 1.165) is 0 Å². The van der Waals surface area contributed by atoms with Gasteiger partial charge in [-0.05, 0) is 51.4 Å². The molecule has 0 saturated heterocycles. The summed E-state index contributed by atoms with van der Waals surface area (Å²) in [6.07, 6.45) is 49.4. The van der Waals surface area contributed by atoms with Gasteiger partial charge >= 0.3 is 0 Å². The zero-order chi connectivity index (χ0) is 24.6. The second-order valence-electron chi connectivity index (χ2n) is 10.9. The Balaban J connectivity index is 3.12. The number of hydrogen-bond donors (Lipinski definition) is 0. The van der Waals surface area contributed by atoms with Crippen molar-refractivity contribution in [3.8, 4) is 0 Å². The van der Waals surface area contributed by atoms with Gasteiger partial charge in [0, 0.05) is 0 Å². The van der Waals surface area contributed by atoms with Crippen molar-refractivity contribution in [2.24, 2.45) is 0 Å². The van der Waals surface area contributed by atoms with E-state index in [1.54, 1.807) is 0 Å². The molecule has 0 bridgehead atoms. The Kier molecular flexibility index (Phi) is 32.0. The molecule has 0 nitrogen and oxygen atoms in total. The maximum absolute atomic E-state index is 2.45. The van der Waals surface area contributed by atoms with Gasteiger partial charge in [-0.15, -0.1) is 0 Å². The molecular formula is C34H66. The van der Waals surface area contributed by atoms with Gasteiger partial charge in [-0.2, -0.15) is 0 Å². The summed E-state index contributed by atoms with van der Waals surface area (Å²) in [7, 11) is 0. The summed E-state index contributed by atoms with van der Waals surface area (Å²) >= 11 is 0. The van der Waals surface area contributed by atoms with E-state index in [2.05, 4.69) is 38.2 Å². The van der Waals surface area contributed by atoms with Gasteiger partial charge < -0.3 is 0 Å². The third kappa shape index (κ3) is 31.5. The first-order valence-corrected chi connectivity index (χ1v) is 16.2. The van der Waals surface area contributed by atoms with Crippen LogP contribution in [0.1, 0.15) is 194 Å². The van der Waals surface area contributed by atoms with E-state index in [9.17, 15) is 0 Å². The summed E-state index contributed by atoms with van der Waals surface area (Å²) < 4.78 is 0. The van der Waals surface area contributed by atoms with Crippen molar-refractivity contribution in [2.75, 3.05) is 0 Å². The molecule has 0 heterocycles. The first kappa shape index (κ1) is 33.5. The lowest BCUT2D eigenvalue weighted by molar-refractivity contribution is 0.545. The van der Waals surface area contributed by atoms with E-state index in [1.807, 2.05) is 0 Å². The largest absolute Gasteiger partial charge is 0.0885 e. The van der Waals surface area contributed by atoms with E-state index < -0.39 is 0 Å². The van der Waals surface area contributed by atoms with Crippen molar-refractivity contribution in [3.63, 3.8) is 0 Å². The first-order valence-electron chi connectivity index (χ1n) is 16.2. The Morgan fingerprint density at radius 2 is 0.412 bits per heavy atom. The molecule has 202 valence electrons. The second-order valence-corrected chi connectivity index (χ2v) is 10.9. The molecule has 0 radical (unpaired) electrons. The van der Waals surface area contributed by atoms with Crippen LogP contribution in [-0.2, 0) is 0 Å². The lowest BCUT2D eigenvalue weighted by atomic mass is 10.0. The molecule has 0 aromatic carbocycles. The molecule has 0 atom stereocenters. The smallest absolute Gasteiger partial charge is 0.0351 e. The molecule has 0 unspecified atom stereocenters. The van der Waals surface area contributed by atoms with E-state index in [1.165, 1.54) is 180 Å². The highest BCUT2D eigenvalue weighted by Gasteiger charge is 1.94. The zero-order valence-corrected chi connectivity index (χ0v) is 24.1. The Morgan fingerprint density at radius 3 is 0.618 bits per heavy atom. The van der Waals surface area contributed by atoms with Crippen LogP contribution in [0.3, 0.4) is 0 Å². The number of hydrogen-bond acceptors (Lipinski definition) is 0. The minimum atomic E-state index is 1.30. The Labute approximate surface area is 217 Å².